The summed E-state index contributed by atoms with van der Waals surface area (Å²) in [6.45, 7) is 4.72. The minimum atomic E-state index is -0.277. The van der Waals surface area contributed by atoms with Gasteiger partial charge in [0.15, 0.2) is 0 Å². The van der Waals surface area contributed by atoms with Crippen LogP contribution in [0.2, 0.25) is 0 Å². The fraction of sp³-hybridized carbons (Fsp3) is 0.600. The molecule has 7 heteroatoms. The Morgan fingerprint density at radius 3 is 2.56 bits per heavy atom. The van der Waals surface area contributed by atoms with Crippen molar-refractivity contribution in [3.05, 3.63) is 29.8 Å². The molecule has 148 valence electrons. The van der Waals surface area contributed by atoms with Crippen LogP contribution in [0.15, 0.2) is 24.3 Å². The Kier molecular flexibility index (Phi) is 6.92. The second-order valence-electron chi connectivity index (χ2n) is 6.90. The van der Waals surface area contributed by atoms with Crippen LogP contribution in [-0.4, -0.2) is 62.0 Å². The Bertz CT molecular complexity index is 620. The number of nitrogens with zero attached hydrogens (tertiary/aromatic N) is 1. The molecule has 2 heterocycles. The minimum absolute atomic E-state index is 0.0682. The van der Waals surface area contributed by atoms with E-state index in [0.29, 0.717) is 31.9 Å². The molecule has 1 N–H and O–H groups in total. The Morgan fingerprint density at radius 2 is 1.93 bits per heavy atom. The normalized spacial score (nSPS) is 20.3. The van der Waals surface area contributed by atoms with Gasteiger partial charge < -0.3 is 24.4 Å². The Balaban J connectivity index is 1.42. The number of piperidine rings is 1. The molecule has 2 fully saturated rings. The molecular formula is C20H28N2O5. The number of ether oxygens (including phenoxy) is 3. The van der Waals surface area contributed by atoms with Crippen molar-refractivity contribution in [1.82, 2.24) is 10.2 Å². The van der Waals surface area contributed by atoms with E-state index in [1.807, 2.05) is 12.1 Å². The maximum Gasteiger partial charge on any atom is 0.409 e. The number of rotatable bonds is 6. The first-order valence-electron chi connectivity index (χ1n) is 9.72. The molecule has 2 aliphatic rings. The monoisotopic (exact) mass is 376 g/mol. The maximum atomic E-state index is 12.4. The van der Waals surface area contributed by atoms with Crippen LogP contribution in [0.4, 0.5) is 4.79 Å². The highest BCUT2D eigenvalue weighted by atomic mass is 16.6. The second-order valence-corrected chi connectivity index (χ2v) is 6.90. The lowest BCUT2D eigenvalue weighted by Gasteiger charge is -2.31. The molecule has 3 rings (SSSR count). The van der Waals surface area contributed by atoms with E-state index in [1.165, 1.54) is 0 Å². The zero-order valence-corrected chi connectivity index (χ0v) is 15.8. The summed E-state index contributed by atoms with van der Waals surface area (Å²) in [5.74, 6) is 0.639. The van der Waals surface area contributed by atoms with E-state index in [2.05, 4.69) is 5.32 Å². The third-order valence-corrected chi connectivity index (χ3v) is 4.93. The highest BCUT2D eigenvalue weighted by Gasteiger charge is 2.24. The molecule has 1 aromatic carbocycles. The zero-order chi connectivity index (χ0) is 19.1. The summed E-state index contributed by atoms with van der Waals surface area (Å²) < 4.78 is 16.3. The number of hydrogen-bond acceptors (Lipinski definition) is 5. The predicted molar refractivity (Wildman–Crippen MR) is 100.0 cm³/mol. The molecule has 0 saturated carbocycles. The molecule has 0 unspecified atom stereocenters. The molecular weight excluding hydrogens is 348 g/mol. The van der Waals surface area contributed by atoms with Gasteiger partial charge in [0.25, 0.3) is 5.91 Å². The number of likely N-dealkylation sites (tertiary alicyclic amines) is 1. The van der Waals surface area contributed by atoms with Crippen LogP contribution in [0.3, 0.4) is 0 Å². The van der Waals surface area contributed by atoms with Crippen molar-refractivity contribution in [2.24, 2.45) is 0 Å². The van der Waals surface area contributed by atoms with Crippen LogP contribution in [-0.2, 0) is 9.47 Å². The summed E-state index contributed by atoms with van der Waals surface area (Å²) in [4.78, 5) is 25.8. The molecule has 7 nitrogen and oxygen atoms in total. The van der Waals surface area contributed by atoms with Crippen molar-refractivity contribution >= 4 is 12.0 Å². The summed E-state index contributed by atoms with van der Waals surface area (Å²) >= 11 is 0. The molecule has 0 radical (unpaired) electrons. The lowest BCUT2D eigenvalue weighted by atomic mass is 10.0. The standard InChI is InChI=1S/C20H28N2O5/c1-2-25-20(24)22-11-9-16(10-12-22)21-19(23)15-5-7-17(8-6-15)27-14-18-4-3-13-26-18/h5-8,16,18H,2-4,9-14H2,1H3,(H,21,23)/t18-/m1/s1. The van der Waals surface area contributed by atoms with Crippen molar-refractivity contribution in [1.29, 1.82) is 0 Å². The summed E-state index contributed by atoms with van der Waals surface area (Å²) in [6.07, 6.45) is 3.48. The molecule has 0 aliphatic carbocycles. The van der Waals surface area contributed by atoms with Crippen molar-refractivity contribution in [2.75, 3.05) is 32.9 Å². The predicted octanol–water partition coefficient (Wildman–Crippen LogP) is 2.60. The lowest BCUT2D eigenvalue weighted by Crippen LogP contribution is -2.46. The summed E-state index contributed by atoms with van der Waals surface area (Å²) in [6, 6.07) is 7.24. The minimum Gasteiger partial charge on any atom is -0.491 e. The van der Waals surface area contributed by atoms with Crippen molar-refractivity contribution in [2.45, 2.75) is 44.8 Å². The Hall–Kier alpha value is -2.28. The van der Waals surface area contributed by atoms with E-state index in [0.717, 1.165) is 38.0 Å². The van der Waals surface area contributed by atoms with Crippen LogP contribution >= 0.6 is 0 Å². The van der Waals surface area contributed by atoms with Gasteiger partial charge in [0.1, 0.15) is 12.4 Å². The first-order valence-corrected chi connectivity index (χ1v) is 9.72. The summed E-state index contributed by atoms with van der Waals surface area (Å²) in [5, 5.41) is 3.04. The number of hydrogen-bond donors (Lipinski definition) is 1. The smallest absolute Gasteiger partial charge is 0.409 e. The fourth-order valence-corrected chi connectivity index (χ4v) is 3.36. The molecule has 2 saturated heterocycles. The zero-order valence-electron chi connectivity index (χ0n) is 15.8. The van der Waals surface area contributed by atoms with E-state index in [9.17, 15) is 9.59 Å². The van der Waals surface area contributed by atoms with Crippen LogP contribution in [0, 0.1) is 0 Å². The topological polar surface area (TPSA) is 77.1 Å². The van der Waals surface area contributed by atoms with Gasteiger partial charge in [-0.3, -0.25) is 4.79 Å². The van der Waals surface area contributed by atoms with Gasteiger partial charge in [-0.2, -0.15) is 0 Å². The van der Waals surface area contributed by atoms with Crippen LogP contribution in [0.1, 0.15) is 43.0 Å². The molecule has 0 aromatic heterocycles. The Labute approximate surface area is 160 Å². The highest BCUT2D eigenvalue weighted by molar-refractivity contribution is 5.94. The van der Waals surface area contributed by atoms with Crippen molar-refractivity contribution < 1.29 is 23.8 Å². The third-order valence-electron chi connectivity index (χ3n) is 4.93. The SMILES string of the molecule is CCOC(=O)N1CCC(NC(=O)c2ccc(OC[C@H]3CCCO3)cc2)CC1. The number of carbonyl (C=O) groups is 2. The van der Waals surface area contributed by atoms with Crippen LogP contribution in [0.25, 0.3) is 0 Å². The van der Waals surface area contributed by atoms with E-state index in [1.54, 1.807) is 24.0 Å². The number of amides is 2. The number of nitrogens with one attached hydrogen (secondary N) is 1. The van der Waals surface area contributed by atoms with Crippen molar-refractivity contribution in [3.8, 4) is 5.75 Å². The second kappa shape index (κ2) is 9.60. The third kappa shape index (κ3) is 5.60. The number of benzene rings is 1. The highest BCUT2D eigenvalue weighted by Crippen LogP contribution is 2.17. The van der Waals surface area contributed by atoms with Gasteiger partial charge in [0.2, 0.25) is 0 Å². The molecule has 1 atom stereocenters. The average molecular weight is 376 g/mol. The lowest BCUT2D eigenvalue weighted by molar-refractivity contribution is 0.0679. The van der Waals surface area contributed by atoms with Gasteiger partial charge >= 0.3 is 6.09 Å². The largest absolute Gasteiger partial charge is 0.491 e. The van der Waals surface area contributed by atoms with Gasteiger partial charge in [-0.15, -0.1) is 0 Å². The van der Waals surface area contributed by atoms with E-state index in [-0.39, 0.29) is 24.1 Å². The molecule has 2 aliphatic heterocycles. The maximum absolute atomic E-state index is 12.4. The van der Waals surface area contributed by atoms with E-state index in [4.69, 9.17) is 14.2 Å². The first kappa shape index (κ1) is 19.5. The average Bonchev–Trinajstić information content (AvgIpc) is 3.21. The molecule has 0 spiro atoms. The summed E-state index contributed by atoms with van der Waals surface area (Å²) in [5.41, 5.74) is 0.604. The molecule has 27 heavy (non-hydrogen) atoms. The van der Waals surface area contributed by atoms with Gasteiger partial charge in [-0.05, 0) is 56.9 Å². The van der Waals surface area contributed by atoms with Gasteiger partial charge in [-0.25, -0.2) is 4.79 Å². The first-order chi connectivity index (χ1) is 13.2. The van der Waals surface area contributed by atoms with Crippen molar-refractivity contribution in [3.63, 3.8) is 0 Å². The Morgan fingerprint density at radius 1 is 1.19 bits per heavy atom. The van der Waals surface area contributed by atoms with Crippen LogP contribution in [0.5, 0.6) is 5.75 Å². The van der Waals surface area contributed by atoms with Crippen LogP contribution < -0.4 is 10.1 Å². The van der Waals surface area contributed by atoms with Gasteiger partial charge in [0, 0.05) is 31.3 Å². The van der Waals surface area contributed by atoms with E-state index >= 15 is 0 Å². The fourth-order valence-electron chi connectivity index (χ4n) is 3.36. The van der Waals surface area contributed by atoms with Gasteiger partial charge in [-0.1, -0.05) is 0 Å². The van der Waals surface area contributed by atoms with Gasteiger partial charge in [0.05, 0.1) is 12.7 Å². The number of carbonyl (C=O) groups excluding carboxylic acids is 2. The molecule has 0 bridgehead atoms. The van der Waals surface area contributed by atoms with E-state index < -0.39 is 0 Å². The molecule has 2 amide bonds. The quantitative estimate of drug-likeness (QED) is 0.826. The summed E-state index contributed by atoms with van der Waals surface area (Å²) in [7, 11) is 0. The molecule has 1 aromatic rings.